The lowest BCUT2D eigenvalue weighted by atomic mass is 9.85. The molecule has 1 fully saturated rings. The van der Waals surface area contributed by atoms with Crippen molar-refractivity contribution in [1.29, 1.82) is 0 Å². The van der Waals surface area contributed by atoms with Crippen molar-refractivity contribution in [3.8, 4) is 0 Å². The molecule has 2 amide bonds. The van der Waals surface area contributed by atoms with Crippen LogP contribution in [0, 0.1) is 5.92 Å². The van der Waals surface area contributed by atoms with E-state index in [0.29, 0.717) is 12.2 Å². The zero-order valence-corrected chi connectivity index (χ0v) is 11.4. The fraction of sp³-hybridized carbons (Fsp3) is 0.500. The van der Waals surface area contributed by atoms with Crippen LogP contribution in [-0.2, 0) is 4.79 Å². The SMILES string of the molecule is O=C(O)N[C@@H]1CCC[C@H](C(=O)Nc2cc(Cl)ncn2)C1. The Kier molecular flexibility index (Phi) is 4.73. The summed E-state index contributed by atoms with van der Waals surface area (Å²) >= 11 is 5.72. The fourth-order valence-electron chi connectivity index (χ4n) is 2.36. The molecule has 0 saturated heterocycles. The van der Waals surface area contributed by atoms with Gasteiger partial charge in [0.1, 0.15) is 17.3 Å². The fourth-order valence-corrected chi connectivity index (χ4v) is 2.51. The number of hydrogen-bond donors (Lipinski definition) is 3. The van der Waals surface area contributed by atoms with Gasteiger partial charge < -0.3 is 15.7 Å². The van der Waals surface area contributed by atoms with Gasteiger partial charge in [0.15, 0.2) is 0 Å². The van der Waals surface area contributed by atoms with E-state index in [-0.39, 0.29) is 23.0 Å². The molecule has 1 aromatic heterocycles. The summed E-state index contributed by atoms with van der Waals surface area (Å²) in [4.78, 5) is 30.4. The number of carboxylic acid groups (broad SMARTS) is 1. The minimum atomic E-state index is -1.06. The number of amides is 2. The van der Waals surface area contributed by atoms with E-state index in [0.717, 1.165) is 19.3 Å². The van der Waals surface area contributed by atoms with Gasteiger partial charge in [0.25, 0.3) is 0 Å². The Labute approximate surface area is 120 Å². The molecule has 1 saturated carbocycles. The highest BCUT2D eigenvalue weighted by Gasteiger charge is 2.28. The van der Waals surface area contributed by atoms with Crippen LogP contribution < -0.4 is 10.6 Å². The van der Waals surface area contributed by atoms with Gasteiger partial charge in [-0.25, -0.2) is 14.8 Å². The first-order valence-electron chi connectivity index (χ1n) is 6.32. The van der Waals surface area contributed by atoms with Crippen molar-refractivity contribution in [1.82, 2.24) is 15.3 Å². The third-order valence-electron chi connectivity index (χ3n) is 3.26. The van der Waals surface area contributed by atoms with Gasteiger partial charge in [-0.15, -0.1) is 0 Å². The van der Waals surface area contributed by atoms with Crippen LogP contribution >= 0.6 is 11.6 Å². The van der Waals surface area contributed by atoms with Crippen molar-refractivity contribution in [2.24, 2.45) is 5.92 Å². The van der Waals surface area contributed by atoms with Crippen LogP contribution in [0.4, 0.5) is 10.6 Å². The molecule has 0 unspecified atom stereocenters. The number of rotatable bonds is 3. The van der Waals surface area contributed by atoms with E-state index in [1.807, 2.05) is 0 Å². The zero-order chi connectivity index (χ0) is 14.5. The molecule has 8 heteroatoms. The molecule has 1 heterocycles. The second-order valence-electron chi connectivity index (χ2n) is 4.73. The molecule has 108 valence electrons. The van der Waals surface area contributed by atoms with Crippen molar-refractivity contribution >= 4 is 29.4 Å². The predicted molar refractivity (Wildman–Crippen MR) is 72.6 cm³/mol. The lowest BCUT2D eigenvalue weighted by molar-refractivity contribution is -0.121. The van der Waals surface area contributed by atoms with Crippen molar-refractivity contribution in [3.05, 3.63) is 17.5 Å². The number of hydrogen-bond acceptors (Lipinski definition) is 4. The van der Waals surface area contributed by atoms with Crippen LogP contribution in [0.25, 0.3) is 0 Å². The molecule has 0 radical (unpaired) electrons. The van der Waals surface area contributed by atoms with Gasteiger partial charge in [0.05, 0.1) is 0 Å². The molecule has 7 nitrogen and oxygen atoms in total. The molecule has 0 bridgehead atoms. The zero-order valence-electron chi connectivity index (χ0n) is 10.7. The summed E-state index contributed by atoms with van der Waals surface area (Å²) in [6.45, 7) is 0. The molecule has 0 aliphatic heterocycles. The molecule has 2 rings (SSSR count). The Morgan fingerprint density at radius 3 is 2.85 bits per heavy atom. The van der Waals surface area contributed by atoms with Gasteiger partial charge in [-0.3, -0.25) is 4.79 Å². The largest absolute Gasteiger partial charge is 0.465 e. The predicted octanol–water partition coefficient (Wildman–Crippen LogP) is 1.89. The van der Waals surface area contributed by atoms with E-state index in [2.05, 4.69) is 20.6 Å². The first kappa shape index (κ1) is 14.5. The van der Waals surface area contributed by atoms with Crippen LogP contribution in [0.15, 0.2) is 12.4 Å². The van der Waals surface area contributed by atoms with Gasteiger partial charge in [-0.05, 0) is 19.3 Å². The highest BCUT2D eigenvalue weighted by atomic mass is 35.5. The number of carbonyl (C=O) groups excluding carboxylic acids is 1. The lowest BCUT2D eigenvalue weighted by Gasteiger charge is -2.28. The molecule has 0 aromatic carbocycles. The monoisotopic (exact) mass is 298 g/mol. The third-order valence-corrected chi connectivity index (χ3v) is 3.46. The minimum absolute atomic E-state index is 0.170. The summed E-state index contributed by atoms with van der Waals surface area (Å²) < 4.78 is 0. The second-order valence-corrected chi connectivity index (χ2v) is 5.11. The smallest absolute Gasteiger partial charge is 0.404 e. The Balaban J connectivity index is 1.93. The maximum absolute atomic E-state index is 12.1. The van der Waals surface area contributed by atoms with E-state index in [9.17, 15) is 9.59 Å². The van der Waals surface area contributed by atoms with Crippen LogP contribution in [0.2, 0.25) is 5.15 Å². The minimum Gasteiger partial charge on any atom is -0.465 e. The first-order valence-corrected chi connectivity index (χ1v) is 6.70. The molecular weight excluding hydrogens is 284 g/mol. The van der Waals surface area contributed by atoms with Gasteiger partial charge in [-0.1, -0.05) is 18.0 Å². The average Bonchev–Trinajstić information content (AvgIpc) is 2.38. The molecule has 0 spiro atoms. The summed E-state index contributed by atoms with van der Waals surface area (Å²) in [5, 5.41) is 14.1. The molecule has 1 aliphatic carbocycles. The van der Waals surface area contributed by atoms with E-state index < -0.39 is 6.09 Å². The summed E-state index contributed by atoms with van der Waals surface area (Å²) in [6, 6.07) is 1.29. The topological polar surface area (TPSA) is 104 Å². The van der Waals surface area contributed by atoms with Crippen LogP contribution in [0.5, 0.6) is 0 Å². The quantitative estimate of drug-likeness (QED) is 0.739. The van der Waals surface area contributed by atoms with E-state index >= 15 is 0 Å². The van der Waals surface area contributed by atoms with Gasteiger partial charge in [-0.2, -0.15) is 0 Å². The number of aromatic nitrogens is 2. The Bertz CT molecular complexity index is 511. The molecule has 2 atom stereocenters. The number of nitrogens with zero attached hydrogens (tertiary/aromatic N) is 2. The molecule has 1 aromatic rings. The Morgan fingerprint density at radius 2 is 2.15 bits per heavy atom. The maximum Gasteiger partial charge on any atom is 0.404 e. The van der Waals surface area contributed by atoms with Crippen molar-refractivity contribution in [3.63, 3.8) is 0 Å². The number of nitrogens with one attached hydrogen (secondary N) is 2. The normalized spacial score (nSPS) is 22.1. The first-order chi connectivity index (χ1) is 9.54. The second kappa shape index (κ2) is 6.51. The number of anilines is 1. The molecule has 1 aliphatic rings. The van der Waals surface area contributed by atoms with E-state index in [1.54, 1.807) is 0 Å². The van der Waals surface area contributed by atoms with E-state index in [1.165, 1.54) is 12.4 Å². The highest BCUT2D eigenvalue weighted by Crippen LogP contribution is 2.25. The number of halogens is 1. The van der Waals surface area contributed by atoms with Crippen molar-refractivity contribution < 1.29 is 14.7 Å². The Hall–Kier alpha value is -1.89. The van der Waals surface area contributed by atoms with E-state index in [4.69, 9.17) is 16.7 Å². The summed E-state index contributed by atoms with van der Waals surface area (Å²) in [7, 11) is 0. The third kappa shape index (κ3) is 4.06. The number of carbonyl (C=O) groups is 2. The highest BCUT2D eigenvalue weighted by molar-refractivity contribution is 6.29. The van der Waals surface area contributed by atoms with Crippen LogP contribution in [0.3, 0.4) is 0 Å². The van der Waals surface area contributed by atoms with Crippen molar-refractivity contribution in [2.75, 3.05) is 5.32 Å². The molecular formula is C12H15ClN4O3. The van der Waals surface area contributed by atoms with Gasteiger partial charge >= 0.3 is 6.09 Å². The van der Waals surface area contributed by atoms with Crippen molar-refractivity contribution in [2.45, 2.75) is 31.7 Å². The average molecular weight is 299 g/mol. The Morgan fingerprint density at radius 1 is 1.35 bits per heavy atom. The lowest BCUT2D eigenvalue weighted by Crippen LogP contribution is -2.40. The van der Waals surface area contributed by atoms with Gasteiger partial charge in [0, 0.05) is 18.0 Å². The molecule has 20 heavy (non-hydrogen) atoms. The standard InChI is InChI=1S/C12H15ClN4O3/c13-9-5-10(15-6-14-9)17-11(18)7-2-1-3-8(4-7)16-12(19)20/h5-8,16H,1-4H2,(H,19,20)(H,14,15,17,18)/t7-,8+/m0/s1. The van der Waals surface area contributed by atoms with Gasteiger partial charge in [0.2, 0.25) is 5.91 Å². The summed E-state index contributed by atoms with van der Waals surface area (Å²) in [6.07, 6.45) is 3.02. The molecule has 3 N–H and O–H groups in total. The summed E-state index contributed by atoms with van der Waals surface area (Å²) in [5.41, 5.74) is 0. The summed E-state index contributed by atoms with van der Waals surface area (Å²) in [5.74, 6) is -0.0469. The van der Waals surface area contributed by atoms with Crippen LogP contribution in [0.1, 0.15) is 25.7 Å². The van der Waals surface area contributed by atoms with Crippen LogP contribution in [-0.4, -0.2) is 33.1 Å². The maximum atomic E-state index is 12.1.